The van der Waals surface area contributed by atoms with Crippen molar-refractivity contribution in [2.75, 3.05) is 24.6 Å². The topological polar surface area (TPSA) is 63.9 Å². The molecular weight excluding hydrogens is 454 g/mol. The Balaban J connectivity index is 1.82. The lowest BCUT2D eigenvalue weighted by Crippen LogP contribution is -2.39. The van der Waals surface area contributed by atoms with E-state index in [1.54, 1.807) is 18.4 Å². The molecule has 1 atom stereocenters. The number of ether oxygens (including phenoxy) is 1. The Labute approximate surface area is 200 Å². The average Bonchev–Trinajstić information content (AvgIpc) is 3.44. The first-order chi connectivity index (χ1) is 16.0. The van der Waals surface area contributed by atoms with E-state index in [1.807, 2.05) is 35.7 Å². The molecular formula is C25H27N3O3S2. The molecule has 3 aromatic rings. The van der Waals surface area contributed by atoms with Crippen molar-refractivity contribution in [3.63, 3.8) is 0 Å². The molecule has 4 rings (SSSR count). The van der Waals surface area contributed by atoms with Crippen LogP contribution in [0.25, 0.3) is 6.08 Å². The maximum Gasteiger partial charge on any atom is 0.338 e. The Morgan fingerprint density at radius 3 is 2.52 bits per heavy atom. The van der Waals surface area contributed by atoms with Crippen molar-refractivity contribution in [2.45, 2.75) is 33.7 Å². The molecule has 6 nitrogen and oxygen atoms in total. The van der Waals surface area contributed by atoms with Gasteiger partial charge < -0.3 is 9.64 Å². The van der Waals surface area contributed by atoms with Gasteiger partial charge in [-0.3, -0.25) is 9.36 Å². The van der Waals surface area contributed by atoms with Gasteiger partial charge in [0.2, 0.25) is 0 Å². The second-order valence-corrected chi connectivity index (χ2v) is 9.57. The zero-order chi connectivity index (χ0) is 23.5. The summed E-state index contributed by atoms with van der Waals surface area (Å²) in [6, 6.07) is 11.5. The molecule has 0 N–H and O–H groups in total. The zero-order valence-corrected chi connectivity index (χ0v) is 20.8. The monoisotopic (exact) mass is 481 g/mol. The molecule has 1 aliphatic heterocycles. The minimum atomic E-state index is -0.535. The minimum Gasteiger partial charge on any atom is -0.463 e. The maximum atomic E-state index is 13.5. The number of allylic oxidation sites excluding steroid dienone is 1. The van der Waals surface area contributed by atoms with Crippen molar-refractivity contribution in [3.05, 3.63) is 83.2 Å². The average molecular weight is 482 g/mol. The van der Waals surface area contributed by atoms with E-state index in [1.165, 1.54) is 22.7 Å². The lowest BCUT2D eigenvalue weighted by molar-refractivity contribution is -0.139. The molecule has 0 fully saturated rings. The highest BCUT2D eigenvalue weighted by Gasteiger charge is 2.33. The van der Waals surface area contributed by atoms with Crippen molar-refractivity contribution in [1.82, 2.24) is 4.57 Å². The van der Waals surface area contributed by atoms with Gasteiger partial charge >= 0.3 is 5.97 Å². The van der Waals surface area contributed by atoms with E-state index in [4.69, 9.17) is 4.74 Å². The number of thiazole rings is 1. The van der Waals surface area contributed by atoms with Crippen molar-refractivity contribution >= 4 is 40.4 Å². The van der Waals surface area contributed by atoms with Gasteiger partial charge in [0.25, 0.3) is 5.56 Å². The molecule has 8 heteroatoms. The van der Waals surface area contributed by atoms with Gasteiger partial charge in [0, 0.05) is 23.7 Å². The minimum absolute atomic E-state index is 0.153. The highest BCUT2D eigenvalue weighted by Crippen LogP contribution is 2.33. The van der Waals surface area contributed by atoms with Crippen molar-refractivity contribution in [3.8, 4) is 0 Å². The van der Waals surface area contributed by atoms with E-state index in [2.05, 4.69) is 35.9 Å². The van der Waals surface area contributed by atoms with Crippen molar-refractivity contribution in [1.29, 1.82) is 0 Å². The van der Waals surface area contributed by atoms with Gasteiger partial charge in [-0.25, -0.2) is 9.79 Å². The third-order valence-corrected chi connectivity index (χ3v) is 7.56. The standard InChI is InChI=1S/C25H27N3O3S2/c1-5-27(6-2)18-12-10-17(11-13-18)15-20-23(29)28-22(19-9-8-14-32-19)21(24(30)31-7-3)16(4)26-25(28)33-20/h8-15,22H,5-7H2,1-4H3/b20-15-/t22-/m1/s1. The van der Waals surface area contributed by atoms with Crippen LogP contribution in [0.15, 0.2) is 62.8 Å². The maximum absolute atomic E-state index is 13.5. The number of carbonyl (C=O) groups is 1. The van der Waals surface area contributed by atoms with Gasteiger partial charge in [-0.15, -0.1) is 11.3 Å². The fourth-order valence-corrected chi connectivity index (χ4v) is 5.90. The normalized spacial score (nSPS) is 15.9. The van der Waals surface area contributed by atoms with Gasteiger partial charge in [0.15, 0.2) is 4.80 Å². The smallest absolute Gasteiger partial charge is 0.338 e. The van der Waals surface area contributed by atoms with Crippen LogP contribution in [-0.2, 0) is 9.53 Å². The van der Waals surface area contributed by atoms with Crippen LogP contribution < -0.4 is 19.8 Å². The molecule has 3 heterocycles. The summed E-state index contributed by atoms with van der Waals surface area (Å²) in [6.07, 6.45) is 1.89. The molecule has 1 aromatic carbocycles. The van der Waals surface area contributed by atoms with Crippen LogP contribution in [0.5, 0.6) is 0 Å². The second kappa shape index (κ2) is 9.89. The number of hydrogen-bond acceptors (Lipinski definition) is 7. The highest BCUT2D eigenvalue weighted by molar-refractivity contribution is 7.10. The lowest BCUT2D eigenvalue weighted by atomic mass is 10.0. The molecule has 0 radical (unpaired) electrons. The first-order valence-corrected chi connectivity index (χ1v) is 12.8. The summed E-state index contributed by atoms with van der Waals surface area (Å²) in [5.41, 5.74) is 2.96. The second-order valence-electron chi connectivity index (χ2n) is 7.58. The zero-order valence-electron chi connectivity index (χ0n) is 19.2. The van der Waals surface area contributed by atoms with Crippen molar-refractivity contribution < 1.29 is 9.53 Å². The Hall–Kier alpha value is -2.97. The molecule has 0 spiro atoms. The summed E-state index contributed by atoms with van der Waals surface area (Å²) in [6.45, 7) is 9.99. The quantitative estimate of drug-likeness (QED) is 0.483. The Kier molecular flexibility index (Phi) is 6.95. The predicted octanol–water partition coefficient (Wildman–Crippen LogP) is 3.71. The van der Waals surface area contributed by atoms with E-state index in [0.29, 0.717) is 20.6 Å². The third kappa shape index (κ3) is 4.45. The number of rotatable bonds is 7. The Morgan fingerprint density at radius 2 is 1.91 bits per heavy atom. The Morgan fingerprint density at radius 1 is 1.18 bits per heavy atom. The number of anilines is 1. The first kappa shape index (κ1) is 23.2. The Bertz CT molecular complexity index is 1350. The van der Waals surface area contributed by atoms with Crippen LogP contribution in [0.2, 0.25) is 0 Å². The summed E-state index contributed by atoms with van der Waals surface area (Å²) >= 11 is 2.86. The van der Waals surface area contributed by atoms with Crippen LogP contribution >= 0.6 is 22.7 Å². The number of carbonyl (C=O) groups excluding carboxylic acids is 1. The van der Waals surface area contributed by atoms with Crippen molar-refractivity contribution in [2.24, 2.45) is 4.99 Å². The number of benzene rings is 1. The molecule has 0 aliphatic carbocycles. The predicted molar refractivity (Wildman–Crippen MR) is 135 cm³/mol. The highest BCUT2D eigenvalue weighted by atomic mass is 32.1. The van der Waals surface area contributed by atoms with Gasteiger partial charge in [-0.05, 0) is 62.9 Å². The molecule has 1 aliphatic rings. The van der Waals surface area contributed by atoms with Crippen LogP contribution in [0.4, 0.5) is 5.69 Å². The summed E-state index contributed by atoms with van der Waals surface area (Å²) in [5.74, 6) is -0.432. The molecule has 0 saturated carbocycles. The molecule has 2 aromatic heterocycles. The van der Waals surface area contributed by atoms with Crippen LogP contribution in [-0.4, -0.2) is 30.2 Å². The van der Waals surface area contributed by atoms with Gasteiger partial charge in [0.05, 0.1) is 22.4 Å². The van der Waals surface area contributed by atoms with E-state index in [-0.39, 0.29) is 12.2 Å². The van der Waals surface area contributed by atoms with E-state index in [9.17, 15) is 9.59 Å². The number of esters is 1. The summed E-state index contributed by atoms with van der Waals surface area (Å²) in [4.78, 5) is 34.7. The molecule has 172 valence electrons. The molecule has 0 bridgehead atoms. The third-order valence-electron chi connectivity index (χ3n) is 5.65. The molecule has 0 amide bonds. The molecule has 0 unspecified atom stereocenters. The van der Waals surface area contributed by atoms with Gasteiger partial charge in [-0.2, -0.15) is 0 Å². The fraction of sp³-hybridized carbons (Fsp3) is 0.320. The number of aromatic nitrogens is 1. The fourth-order valence-electron chi connectivity index (χ4n) is 4.03. The largest absolute Gasteiger partial charge is 0.463 e. The number of thiophene rings is 1. The van der Waals surface area contributed by atoms with E-state index >= 15 is 0 Å². The molecule has 0 saturated heterocycles. The van der Waals surface area contributed by atoms with E-state index < -0.39 is 12.0 Å². The summed E-state index contributed by atoms with van der Waals surface area (Å²) in [7, 11) is 0. The van der Waals surface area contributed by atoms with Crippen LogP contribution in [0.1, 0.15) is 44.2 Å². The van der Waals surface area contributed by atoms with E-state index in [0.717, 1.165) is 29.2 Å². The van der Waals surface area contributed by atoms with Crippen LogP contribution in [0, 0.1) is 0 Å². The lowest BCUT2D eigenvalue weighted by Gasteiger charge is -2.23. The SMILES string of the molecule is CCOC(=O)C1=C(C)N=c2s/c(=C\c3ccc(N(CC)CC)cc3)c(=O)n2[C@@H]1c1cccs1. The number of nitrogens with zero attached hydrogens (tertiary/aromatic N) is 3. The number of fused-ring (bicyclic) bond motifs is 1. The van der Waals surface area contributed by atoms with Crippen LogP contribution in [0.3, 0.4) is 0 Å². The molecule has 33 heavy (non-hydrogen) atoms. The first-order valence-electron chi connectivity index (χ1n) is 11.1. The van der Waals surface area contributed by atoms with Gasteiger partial charge in [-0.1, -0.05) is 29.5 Å². The summed E-state index contributed by atoms with van der Waals surface area (Å²) in [5, 5.41) is 1.95. The van der Waals surface area contributed by atoms with Gasteiger partial charge in [0.1, 0.15) is 6.04 Å². The number of hydrogen-bond donors (Lipinski definition) is 0. The summed E-state index contributed by atoms with van der Waals surface area (Å²) < 4.78 is 7.53.